The largest absolute Gasteiger partial charge is 0.0984 e. The van der Waals surface area contributed by atoms with E-state index in [4.69, 9.17) is 0 Å². The molecule has 0 bridgehead atoms. The van der Waals surface area contributed by atoms with Gasteiger partial charge in [0.25, 0.3) is 0 Å². The molecule has 0 amide bonds. The minimum atomic E-state index is 1.29. The predicted molar refractivity (Wildman–Crippen MR) is 58.6 cm³/mol. The van der Waals surface area contributed by atoms with Crippen molar-refractivity contribution in [2.45, 2.75) is 25.7 Å². The van der Waals surface area contributed by atoms with Gasteiger partial charge in [0, 0.05) is 4.90 Å². The van der Waals surface area contributed by atoms with Crippen molar-refractivity contribution in [1.82, 2.24) is 0 Å². The fraction of sp³-hybridized carbons (Fsp3) is 0.273. The lowest BCUT2D eigenvalue weighted by molar-refractivity contribution is 1.31. The number of hydrogen-bond acceptors (Lipinski definition) is 1. The van der Waals surface area contributed by atoms with Crippen LogP contribution in [-0.2, 0) is 0 Å². The van der Waals surface area contributed by atoms with Crippen molar-refractivity contribution < 1.29 is 0 Å². The van der Waals surface area contributed by atoms with Crippen LogP contribution in [0.4, 0.5) is 0 Å². The Balaban J connectivity index is 0.000000561. The minimum Gasteiger partial charge on any atom is -0.0984 e. The first-order valence-electron chi connectivity index (χ1n) is 4.18. The molecule has 0 aliphatic heterocycles. The van der Waals surface area contributed by atoms with Crippen molar-refractivity contribution in [1.29, 1.82) is 0 Å². The molecule has 12 heavy (non-hydrogen) atoms. The van der Waals surface area contributed by atoms with Gasteiger partial charge in [-0.05, 0) is 24.0 Å². The van der Waals surface area contributed by atoms with Gasteiger partial charge in [0.1, 0.15) is 0 Å². The van der Waals surface area contributed by atoms with Crippen LogP contribution in [0.2, 0.25) is 0 Å². The lowest BCUT2D eigenvalue weighted by Gasteiger charge is -1.98. The fourth-order valence-corrected chi connectivity index (χ4v) is 1.37. The maximum absolute atomic E-state index is 3.66. The molecule has 0 atom stereocenters. The van der Waals surface area contributed by atoms with Crippen LogP contribution in [0.25, 0.3) is 0 Å². The average Bonchev–Trinajstić information content (AvgIpc) is 2.13. The predicted octanol–water partition coefficient (Wildman–Crippen LogP) is 4.26. The molecule has 1 aromatic rings. The quantitative estimate of drug-likeness (QED) is 0.613. The third-order valence-electron chi connectivity index (χ3n) is 1.30. The van der Waals surface area contributed by atoms with Crippen molar-refractivity contribution in [3.05, 3.63) is 41.8 Å². The van der Waals surface area contributed by atoms with Crippen LogP contribution in [-0.4, -0.2) is 0 Å². The highest BCUT2D eigenvalue weighted by molar-refractivity contribution is 8.02. The van der Waals surface area contributed by atoms with Gasteiger partial charge in [-0.25, -0.2) is 0 Å². The molecule has 0 aliphatic carbocycles. The highest BCUT2D eigenvalue weighted by Crippen LogP contribution is 2.21. The molecule has 0 N–H and O–H groups in total. The summed E-state index contributed by atoms with van der Waals surface area (Å²) in [5, 5.41) is 1.85. The molecular formula is C11H16S. The molecule has 0 fully saturated rings. The van der Waals surface area contributed by atoms with Gasteiger partial charge < -0.3 is 0 Å². The molecule has 0 radical (unpaired) electrons. The zero-order valence-corrected chi connectivity index (χ0v) is 8.82. The Kier molecular flexibility index (Phi) is 6.58. The maximum atomic E-state index is 3.66. The van der Waals surface area contributed by atoms with E-state index in [-0.39, 0.29) is 0 Å². The molecule has 0 spiro atoms. The fourth-order valence-electron chi connectivity index (χ4n) is 0.778. The van der Waals surface area contributed by atoms with E-state index in [0.29, 0.717) is 0 Å². The number of benzene rings is 1. The van der Waals surface area contributed by atoms with Crippen molar-refractivity contribution in [3.63, 3.8) is 0 Å². The van der Waals surface area contributed by atoms with E-state index in [1.54, 1.807) is 11.8 Å². The second kappa shape index (κ2) is 6.99. The normalized spacial score (nSPS) is 8.25. The Morgan fingerprint density at radius 2 is 1.83 bits per heavy atom. The van der Waals surface area contributed by atoms with Crippen LogP contribution in [0.3, 0.4) is 0 Å². The lowest BCUT2D eigenvalue weighted by atomic mass is 10.2. The molecule has 0 aromatic heterocycles. The van der Waals surface area contributed by atoms with Gasteiger partial charge in [-0.1, -0.05) is 50.4 Å². The SMILES string of the molecule is C=CSc1ccccc1C.CC. The number of rotatable bonds is 2. The summed E-state index contributed by atoms with van der Waals surface area (Å²) in [6.07, 6.45) is 0. The Labute approximate surface area is 79.7 Å². The van der Waals surface area contributed by atoms with Crippen molar-refractivity contribution in [2.24, 2.45) is 0 Å². The summed E-state index contributed by atoms with van der Waals surface area (Å²) in [7, 11) is 0. The first-order chi connectivity index (χ1) is 5.84. The van der Waals surface area contributed by atoms with Gasteiger partial charge in [-0.3, -0.25) is 0 Å². The number of thioether (sulfide) groups is 1. The molecule has 0 aliphatic rings. The van der Waals surface area contributed by atoms with E-state index in [1.807, 2.05) is 31.4 Å². The van der Waals surface area contributed by atoms with Gasteiger partial charge in [-0.15, -0.1) is 0 Å². The van der Waals surface area contributed by atoms with E-state index < -0.39 is 0 Å². The summed E-state index contributed by atoms with van der Waals surface area (Å²) in [6.45, 7) is 9.76. The van der Waals surface area contributed by atoms with E-state index in [0.717, 1.165) is 0 Å². The van der Waals surface area contributed by atoms with Crippen LogP contribution in [0.1, 0.15) is 19.4 Å². The molecule has 0 saturated carbocycles. The van der Waals surface area contributed by atoms with Crippen molar-refractivity contribution in [2.75, 3.05) is 0 Å². The molecule has 1 heteroatoms. The topological polar surface area (TPSA) is 0 Å². The van der Waals surface area contributed by atoms with Crippen LogP contribution < -0.4 is 0 Å². The molecule has 0 unspecified atom stereocenters. The highest BCUT2D eigenvalue weighted by Gasteiger charge is 1.91. The minimum absolute atomic E-state index is 1.29. The van der Waals surface area contributed by atoms with Gasteiger partial charge in [0.2, 0.25) is 0 Å². The molecule has 1 aromatic carbocycles. The number of aryl methyl sites for hydroxylation is 1. The summed E-state index contributed by atoms with van der Waals surface area (Å²) in [6, 6.07) is 8.29. The van der Waals surface area contributed by atoms with Crippen LogP contribution in [0.15, 0.2) is 41.1 Å². The summed E-state index contributed by atoms with van der Waals surface area (Å²) in [4.78, 5) is 1.29. The van der Waals surface area contributed by atoms with Gasteiger partial charge in [0.15, 0.2) is 0 Å². The van der Waals surface area contributed by atoms with Crippen molar-refractivity contribution in [3.8, 4) is 0 Å². The third-order valence-corrected chi connectivity index (χ3v) is 2.18. The van der Waals surface area contributed by atoms with E-state index >= 15 is 0 Å². The molecule has 0 nitrogen and oxygen atoms in total. The lowest BCUT2D eigenvalue weighted by Crippen LogP contribution is -1.73. The Hall–Kier alpha value is -0.690. The first kappa shape index (κ1) is 11.3. The van der Waals surface area contributed by atoms with Crippen LogP contribution >= 0.6 is 11.8 Å². The standard InChI is InChI=1S/C9H10S.C2H6/c1-3-10-9-7-5-4-6-8(9)2;1-2/h3-7H,1H2,2H3;1-2H3. The number of hydrogen-bond donors (Lipinski definition) is 0. The first-order valence-corrected chi connectivity index (χ1v) is 5.06. The average molecular weight is 180 g/mol. The molecule has 1 rings (SSSR count). The zero-order chi connectivity index (χ0) is 9.40. The molecule has 0 heterocycles. The zero-order valence-electron chi connectivity index (χ0n) is 8.00. The Morgan fingerprint density at radius 3 is 2.33 bits per heavy atom. The van der Waals surface area contributed by atoms with E-state index in [2.05, 4.69) is 25.6 Å². The Morgan fingerprint density at radius 1 is 1.25 bits per heavy atom. The molecular weight excluding hydrogens is 164 g/mol. The summed E-state index contributed by atoms with van der Waals surface area (Å²) >= 11 is 1.67. The van der Waals surface area contributed by atoms with Gasteiger partial charge in [0.05, 0.1) is 0 Å². The van der Waals surface area contributed by atoms with Gasteiger partial charge in [-0.2, -0.15) is 0 Å². The summed E-state index contributed by atoms with van der Waals surface area (Å²) in [5.74, 6) is 0. The second-order valence-corrected chi connectivity index (χ2v) is 3.06. The Bertz CT molecular complexity index is 228. The second-order valence-electron chi connectivity index (χ2n) is 2.05. The smallest absolute Gasteiger partial charge is 0.0145 e. The monoisotopic (exact) mass is 180 g/mol. The maximum Gasteiger partial charge on any atom is 0.0145 e. The summed E-state index contributed by atoms with van der Waals surface area (Å²) in [5.41, 5.74) is 1.31. The van der Waals surface area contributed by atoms with Gasteiger partial charge >= 0.3 is 0 Å². The van der Waals surface area contributed by atoms with E-state index in [9.17, 15) is 0 Å². The van der Waals surface area contributed by atoms with Crippen molar-refractivity contribution >= 4 is 11.8 Å². The van der Waals surface area contributed by atoms with Crippen LogP contribution in [0, 0.1) is 6.92 Å². The summed E-state index contributed by atoms with van der Waals surface area (Å²) < 4.78 is 0. The highest BCUT2D eigenvalue weighted by atomic mass is 32.2. The van der Waals surface area contributed by atoms with E-state index in [1.165, 1.54) is 10.5 Å². The third kappa shape index (κ3) is 3.63. The van der Waals surface area contributed by atoms with Crippen LogP contribution in [0.5, 0.6) is 0 Å². The molecule has 66 valence electrons. The molecule has 0 saturated heterocycles.